The van der Waals surface area contributed by atoms with Crippen molar-refractivity contribution >= 4 is 0 Å². The van der Waals surface area contributed by atoms with Gasteiger partial charge < -0.3 is 19.9 Å². The molecule has 0 aromatic carbocycles. The normalized spacial score (nSPS) is 14.7. The summed E-state index contributed by atoms with van der Waals surface area (Å²) in [5.74, 6) is 1.14. The molecule has 0 aliphatic carbocycles. The average molecular weight is 289 g/mol. The van der Waals surface area contributed by atoms with Gasteiger partial charge in [0.25, 0.3) is 0 Å². The van der Waals surface area contributed by atoms with E-state index in [-0.39, 0.29) is 6.04 Å². The molecule has 0 aliphatic heterocycles. The number of unbranched alkanes of at least 4 members (excludes halogenated alkanes) is 1. The molecule has 2 unspecified atom stereocenters. The van der Waals surface area contributed by atoms with Gasteiger partial charge in [-0.2, -0.15) is 0 Å². The molecule has 4 heteroatoms. The predicted octanol–water partition coefficient (Wildman–Crippen LogP) is 2.85. The van der Waals surface area contributed by atoms with Crippen molar-refractivity contribution in [3.63, 3.8) is 0 Å². The summed E-state index contributed by atoms with van der Waals surface area (Å²) in [6.07, 6.45) is 3.32. The second-order valence-corrected chi connectivity index (χ2v) is 5.75. The lowest BCUT2D eigenvalue weighted by molar-refractivity contribution is 0.0104. The molecule has 0 fully saturated rings. The van der Waals surface area contributed by atoms with Crippen LogP contribution < -0.4 is 5.73 Å². The lowest BCUT2D eigenvalue weighted by Crippen LogP contribution is -2.31. The van der Waals surface area contributed by atoms with Crippen LogP contribution in [-0.2, 0) is 14.2 Å². The van der Waals surface area contributed by atoms with Gasteiger partial charge in [-0.05, 0) is 31.6 Å². The third-order valence-corrected chi connectivity index (χ3v) is 3.51. The Labute approximate surface area is 125 Å². The fourth-order valence-corrected chi connectivity index (χ4v) is 2.21. The van der Waals surface area contributed by atoms with E-state index in [4.69, 9.17) is 19.9 Å². The van der Waals surface area contributed by atoms with E-state index in [1.54, 1.807) is 0 Å². The van der Waals surface area contributed by atoms with Crippen LogP contribution in [0.1, 0.15) is 47.0 Å². The molecule has 2 N–H and O–H groups in total. The van der Waals surface area contributed by atoms with E-state index in [9.17, 15) is 0 Å². The maximum absolute atomic E-state index is 5.97. The summed E-state index contributed by atoms with van der Waals surface area (Å²) < 4.78 is 16.4. The largest absolute Gasteiger partial charge is 0.379 e. The van der Waals surface area contributed by atoms with Crippen LogP contribution in [0.4, 0.5) is 0 Å². The maximum Gasteiger partial charge on any atom is 0.0701 e. The minimum absolute atomic E-state index is 0.232. The first-order valence-corrected chi connectivity index (χ1v) is 8.08. The Morgan fingerprint density at radius 2 is 1.30 bits per heavy atom. The molecular formula is C16H35NO3. The molecular weight excluding hydrogens is 254 g/mol. The molecule has 0 radical (unpaired) electrons. The molecule has 0 aromatic rings. The molecule has 0 saturated carbocycles. The van der Waals surface area contributed by atoms with E-state index in [1.807, 2.05) is 0 Å². The highest BCUT2D eigenvalue weighted by atomic mass is 16.5. The molecule has 0 amide bonds. The second kappa shape index (κ2) is 13.8. The first-order chi connectivity index (χ1) is 9.59. The number of nitrogens with two attached hydrogens (primary N) is 1. The Morgan fingerprint density at radius 3 is 1.75 bits per heavy atom. The van der Waals surface area contributed by atoms with Crippen LogP contribution in [0.25, 0.3) is 0 Å². The van der Waals surface area contributed by atoms with Gasteiger partial charge in [0.15, 0.2) is 0 Å². The van der Waals surface area contributed by atoms with Crippen molar-refractivity contribution in [2.75, 3.05) is 39.6 Å². The minimum atomic E-state index is 0.232. The fourth-order valence-electron chi connectivity index (χ4n) is 2.21. The van der Waals surface area contributed by atoms with E-state index in [2.05, 4.69) is 27.7 Å². The van der Waals surface area contributed by atoms with Gasteiger partial charge >= 0.3 is 0 Å². The van der Waals surface area contributed by atoms with Gasteiger partial charge in [-0.25, -0.2) is 0 Å². The van der Waals surface area contributed by atoms with Gasteiger partial charge in [-0.15, -0.1) is 0 Å². The van der Waals surface area contributed by atoms with Crippen LogP contribution in [0.15, 0.2) is 0 Å². The summed E-state index contributed by atoms with van der Waals surface area (Å²) >= 11 is 0. The predicted molar refractivity (Wildman–Crippen MR) is 84.0 cm³/mol. The molecule has 0 rings (SSSR count). The Morgan fingerprint density at radius 1 is 0.800 bits per heavy atom. The van der Waals surface area contributed by atoms with E-state index < -0.39 is 0 Å². The third kappa shape index (κ3) is 11.6. The number of hydrogen-bond acceptors (Lipinski definition) is 4. The van der Waals surface area contributed by atoms with Crippen LogP contribution in [-0.4, -0.2) is 45.7 Å². The lowest BCUT2D eigenvalue weighted by atomic mass is 9.87. The Kier molecular flexibility index (Phi) is 13.7. The average Bonchev–Trinajstić information content (AvgIpc) is 2.39. The second-order valence-electron chi connectivity index (χ2n) is 5.75. The zero-order valence-electron chi connectivity index (χ0n) is 13.9. The van der Waals surface area contributed by atoms with Crippen molar-refractivity contribution in [3.8, 4) is 0 Å². The SMILES string of the molecule is CCCCOCCOCCOCCC(C(C)C)C(C)N. The molecule has 0 bridgehead atoms. The highest BCUT2D eigenvalue weighted by Gasteiger charge is 2.17. The summed E-state index contributed by atoms with van der Waals surface area (Å²) in [4.78, 5) is 0. The molecule has 0 saturated heterocycles. The van der Waals surface area contributed by atoms with Gasteiger partial charge in [0.2, 0.25) is 0 Å². The monoisotopic (exact) mass is 289 g/mol. The highest BCUT2D eigenvalue weighted by molar-refractivity contribution is 4.71. The standard InChI is InChI=1S/C16H35NO3/c1-5-6-8-18-10-12-20-13-11-19-9-7-16(14(2)3)15(4)17/h14-16H,5-13,17H2,1-4H3. The van der Waals surface area contributed by atoms with Crippen molar-refractivity contribution in [3.05, 3.63) is 0 Å². The van der Waals surface area contributed by atoms with E-state index in [0.29, 0.717) is 38.3 Å². The van der Waals surface area contributed by atoms with Crippen LogP contribution in [0.3, 0.4) is 0 Å². The van der Waals surface area contributed by atoms with Gasteiger partial charge in [0.05, 0.1) is 26.4 Å². The fraction of sp³-hybridized carbons (Fsp3) is 1.00. The molecule has 0 aliphatic rings. The lowest BCUT2D eigenvalue weighted by Gasteiger charge is -2.24. The van der Waals surface area contributed by atoms with Crippen LogP contribution in [0.2, 0.25) is 0 Å². The molecule has 20 heavy (non-hydrogen) atoms. The first-order valence-electron chi connectivity index (χ1n) is 8.08. The van der Waals surface area contributed by atoms with E-state index in [1.165, 1.54) is 6.42 Å². The maximum atomic E-state index is 5.97. The van der Waals surface area contributed by atoms with Crippen molar-refractivity contribution < 1.29 is 14.2 Å². The number of rotatable bonds is 14. The van der Waals surface area contributed by atoms with Crippen LogP contribution >= 0.6 is 0 Å². The Hall–Kier alpha value is -0.160. The third-order valence-electron chi connectivity index (χ3n) is 3.51. The topological polar surface area (TPSA) is 53.7 Å². The van der Waals surface area contributed by atoms with Crippen molar-refractivity contribution in [2.24, 2.45) is 17.6 Å². The molecule has 0 heterocycles. The molecule has 4 nitrogen and oxygen atoms in total. The van der Waals surface area contributed by atoms with Crippen molar-refractivity contribution in [1.82, 2.24) is 0 Å². The zero-order valence-corrected chi connectivity index (χ0v) is 13.9. The quantitative estimate of drug-likeness (QED) is 0.500. The van der Waals surface area contributed by atoms with Gasteiger partial charge in [-0.3, -0.25) is 0 Å². The smallest absolute Gasteiger partial charge is 0.0701 e. The summed E-state index contributed by atoms with van der Waals surface area (Å²) in [5, 5.41) is 0. The molecule has 0 aromatic heterocycles. The number of hydrogen-bond donors (Lipinski definition) is 1. The summed E-state index contributed by atoms with van der Waals surface area (Å²) in [6.45, 7) is 12.9. The number of ether oxygens (including phenoxy) is 3. The summed E-state index contributed by atoms with van der Waals surface area (Å²) in [6, 6.07) is 0.232. The summed E-state index contributed by atoms with van der Waals surface area (Å²) in [5.41, 5.74) is 5.97. The Balaban J connectivity index is 3.27. The Bertz CT molecular complexity index is 190. The zero-order chi connectivity index (χ0) is 15.2. The summed E-state index contributed by atoms with van der Waals surface area (Å²) in [7, 11) is 0. The molecule has 2 atom stereocenters. The molecule has 122 valence electrons. The van der Waals surface area contributed by atoms with E-state index in [0.717, 1.165) is 26.1 Å². The van der Waals surface area contributed by atoms with E-state index >= 15 is 0 Å². The molecule has 0 spiro atoms. The highest BCUT2D eigenvalue weighted by Crippen LogP contribution is 2.17. The van der Waals surface area contributed by atoms with Crippen LogP contribution in [0.5, 0.6) is 0 Å². The first kappa shape index (κ1) is 19.8. The minimum Gasteiger partial charge on any atom is -0.379 e. The van der Waals surface area contributed by atoms with Gasteiger partial charge in [-0.1, -0.05) is 27.2 Å². The van der Waals surface area contributed by atoms with Crippen molar-refractivity contribution in [1.29, 1.82) is 0 Å². The van der Waals surface area contributed by atoms with Crippen molar-refractivity contribution in [2.45, 2.75) is 53.0 Å². The van der Waals surface area contributed by atoms with Gasteiger partial charge in [0.1, 0.15) is 0 Å². The van der Waals surface area contributed by atoms with Gasteiger partial charge in [0, 0.05) is 19.3 Å². The van der Waals surface area contributed by atoms with Crippen LogP contribution in [0, 0.1) is 11.8 Å².